The zero-order chi connectivity index (χ0) is 39.3. The van der Waals surface area contributed by atoms with Gasteiger partial charge in [0.05, 0.1) is 56.8 Å². The summed E-state index contributed by atoms with van der Waals surface area (Å²) in [7, 11) is 1.22. The molecule has 0 aliphatic carbocycles. The number of hydrogen-bond acceptors (Lipinski definition) is 13. The van der Waals surface area contributed by atoms with Crippen LogP contribution in [0.2, 0.25) is 0 Å². The van der Waals surface area contributed by atoms with Crippen LogP contribution in [0.4, 0.5) is 0 Å². The number of carbonyl (C=O) groups is 3. The molecule has 0 radical (unpaired) electrons. The highest BCUT2D eigenvalue weighted by atomic mass is 16.7. The van der Waals surface area contributed by atoms with Gasteiger partial charge in [-0.25, -0.2) is 4.79 Å². The Morgan fingerprint density at radius 2 is 1.69 bits per heavy atom. The SMILES string of the molecule is C=CC[C@H]1C[C@H]2C[C@H]3CCC[C@@H](C[C@@H](O)CC(=O)O[C@@H](CO)C[C@@H]4CC(=CC(=O)OC)[C@H](OC(=O)CCCCCCC)[C@@](O)(O4)C(C)(C)C=C[C@H](O2)O1)O3. The molecule has 4 heterocycles. The van der Waals surface area contributed by atoms with Crippen molar-refractivity contribution in [2.45, 2.75) is 184 Å². The molecule has 0 aromatic carbocycles. The Hall–Kier alpha value is -2.65. The number of aliphatic hydroxyl groups excluding tert-OH is 2. The predicted molar refractivity (Wildman–Crippen MR) is 198 cm³/mol. The molecule has 13 nitrogen and oxygen atoms in total. The normalized spacial score (nSPS) is 35.7. The Morgan fingerprint density at radius 3 is 2.39 bits per heavy atom. The topological polar surface area (TPSA) is 177 Å². The molecule has 6 bridgehead atoms. The molecule has 4 aliphatic heterocycles. The van der Waals surface area contributed by atoms with E-state index >= 15 is 0 Å². The molecule has 0 aromatic heterocycles. The van der Waals surface area contributed by atoms with Crippen LogP contribution in [0.1, 0.15) is 124 Å². The third kappa shape index (κ3) is 12.7. The van der Waals surface area contributed by atoms with E-state index in [1.165, 1.54) is 13.2 Å². The molecule has 0 spiro atoms. The second kappa shape index (κ2) is 21.0. The van der Waals surface area contributed by atoms with Gasteiger partial charge < -0.3 is 48.5 Å². The van der Waals surface area contributed by atoms with Gasteiger partial charge in [-0.1, -0.05) is 58.6 Å². The van der Waals surface area contributed by atoms with Crippen LogP contribution < -0.4 is 0 Å². The average molecular weight is 765 g/mol. The molecule has 0 unspecified atom stereocenters. The molecular formula is C41H64O13. The van der Waals surface area contributed by atoms with Crippen molar-refractivity contribution in [2.75, 3.05) is 13.7 Å². The Bertz CT molecular complexity index is 1300. The van der Waals surface area contributed by atoms with Gasteiger partial charge in [0.25, 0.3) is 0 Å². The third-order valence-electron chi connectivity index (χ3n) is 10.9. The highest BCUT2D eigenvalue weighted by molar-refractivity contribution is 5.83. The van der Waals surface area contributed by atoms with E-state index < -0.39 is 66.4 Å². The number of fused-ring (bicyclic) bond motifs is 6. The number of cyclic esters (lactones) is 1. The van der Waals surface area contributed by atoms with E-state index in [1.807, 2.05) is 0 Å². The Morgan fingerprint density at radius 1 is 0.963 bits per heavy atom. The Balaban J connectivity index is 1.72. The molecule has 306 valence electrons. The maximum atomic E-state index is 13.4. The summed E-state index contributed by atoms with van der Waals surface area (Å²) >= 11 is 0. The van der Waals surface area contributed by atoms with Crippen molar-refractivity contribution in [1.29, 1.82) is 0 Å². The molecule has 3 fully saturated rings. The molecule has 3 saturated heterocycles. The molecule has 0 amide bonds. The maximum absolute atomic E-state index is 13.4. The summed E-state index contributed by atoms with van der Waals surface area (Å²) in [6, 6.07) is 0. The first-order valence-electron chi connectivity index (χ1n) is 19.9. The van der Waals surface area contributed by atoms with E-state index in [9.17, 15) is 29.7 Å². The van der Waals surface area contributed by atoms with Gasteiger partial charge in [-0.3, -0.25) is 9.59 Å². The van der Waals surface area contributed by atoms with Gasteiger partial charge in [-0.05, 0) is 50.2 Å². The van der Waals surface area contributed by atoms with Crippen molar-refractivity contribution in [3.63, 3.8) is 0 Å². The number of methoxy groups -OCH3 is 1. The van der Waals surface area contributed by atoms with Crippen LogP contribution in [0.3, 0.4) is 0 Å². The first-order chi connectivity index (χ1) is 25.8. The number of hydrogen-bond donors (Lipinski definition) is 3. The molecule has 10 atom stereocenters. The summed E-state index contributed by atoms with van der Waals surface area (Å²) in [5, 5.41) is 33.9. The van der Waals surface area contributed by atoms with Gasteiger partial charge in [-0.15, -0.1) is 6.58 Å². The third-order valence-corrected chi connectivity index (χ3v) is 10.9. The zero-order valence-corrected chi connectivity index (χ0v) is 32.7. The van der Waals surface area contributed by atoms with Gasteiger partial charge in [0.15, 0.2) is 12.4 Å². The zero-order valence-electron chi connectivity index (χ0n) is 32.7. The lowest BCUT2D eigenvalue weighted by Crippen LogP contribution is -2.62. The van der Waals surface area contributed by atoms with Gasteiger partial charge in [0, 0.05) is 43.6 Å². The summed E-state index contributed by atoms with van der Waals surface area (Å²) in [6.45, 7) is 8.86. The van der Waals surface area contributed by atoms with Gasteiger partial charge in [-0.2, -0.15) is 0 Å². The van der Waals surface area contributed by atoms with Gasteiger partial charge in [0.2, 0.25) is 5.79 Å². The second-order valence-electron chi connectivity index (χ2n) is 15.8. The second-order valence-corrected chi connectivity index (χ2v) is 15.8. The highest BCUT2D eigenvalue weighted by Gasteiger charge is 2.57. The molecule has 0 saturated carbocycles. The van der Waals surface area contributed by atoms with E-state index in [0.717, 1.165) is 44.9 Å². The number of esters is 3. The first-order valence-corrected chi connectivity index (χ1v) is 19.9. The molecule has 54 heavy (non-hydrogen) atoms. The van der Waals surface area contributed by atoms with E-state index in [4.69, 9.17) is 33.2 Å². The molecule has 13 heteroatoms. The van der Waals surface area contributed by atoms with Crippen LogP contribution >= 0.6 is 0 Å². The molecule has 3 N–H and O–H groups in total. The van der Waals surface area contributed by atoms with E-state index in [-0.39, 0.29) is 62.1 Å². The van der Waals surface area contributed by atoms with Crippen LogP contribution in [0.25, 0.3) is 0 Å². The van der Waals surface area contributed by atoms with E-state index in [1.54, 1.807) is 32.1 Å². The predicted octanol–water partition coefficient (Wildman–Crippen LogP) is 5.27. The van der Waals surface area contributed by atoms with Crippen molar-refractivity contribution in [3.05, 3.63) is 36.5 Å². The molecule has 4 aliphatic rings. The number of carbonyl (C=O) groups excluding carboxylic acids is 3. The minimum Gasteiger partial charge on any atom is -0.466 e. The summed E-state index contributed by atoms with van der Waals surface area (Å²) in [5.41, 5.74) is -1.08. The van der Waals surface area contributed by atoms with Crippen molar-refractivity contribution >= 4 is 17.9 Å². The largest absolute Gasteiger partial charge is 0.466 e. The lowest BCUT2D eigenvalue weighted by molar-refractivity contribution is -0.327. The monoisotopic (exact) mass is 764 g/mol. The van der Waals surface area contributed by atoms with Gasteiger partial charge >= 0.3 is 17.9 Å². The Labute approximate surface area is 320 Å². The fraction of sp³-hybridized carbons (Fsp3) is 0.780. The minimum absolute atomic E-state index is 0.0116. The smallest absolute Gasteiger partial charge is 0.330 e. The lowest BCUT2D eigenvalue weighted by Gasteiger charge is -2.51. The molecule has 4 rings (SSSR count). The molecular weight excluding hydrogens is 700 g/mol. The summed E-state index contributed by atoms with van der Waals surface area (Å²) in [4.78, 5) is 39.1. The molecule has 0 aromatic rings. The highest BCUT2D eigenvalue weighted by Crippen LogP contribution is 2.47. The number of aliphatic hydroxyl groups is 3. The van der Waals surface area contributed by atoms with Crippen LogP contribution in [0.15, 0.2) is 36.5 Å². The average Bonchev–Trinajstić information content (AvgIpc) is 3.11. The minimum atomic E-state index is -2.27. The van der Waals surface area contributed by atoms with Crippen molar-refractivity contribution in [2.24, 2.45) is 5.41 Å². The standard InChI is InChI=1S/C41H64O13/c1-6-8-9-10-11-16-35(44)53-39-27(20-36(45)48-5)19-33-25-34(26-42)50-37(46)22-28(43)21-30-14-12-15-31(49-30)24-32-23-29(13-7-2)51-38(52-32)17-18-40(3,4)41(39,47)54-33/h7,17-18,20,28-34,38-39,42-43,47H,2,6,8-16,19,21-26H2,1,3-5H3/t28-,29+,30+,31-,32+,33+,34-,38+,39+,41-/m1/s1. The number of rotatable bonds is 11. The summed E-state index contributed by atoms with van der Waals surface area (Å²) < 4.78 is 42.2. The Kier molecular flexibility index (Phi) is 17.2. The van der Waals surface area contributed by atoms with Crippen LogP contribution in [0, 0.1) is 5.41 Å². The van der Waals surface area contributed by atoms with Crippen LogP contribution in [-0.2, 0) is 47.5 Å². The maximum Gasteiger partial charge on any atom is 0.330 e. The van der Waals surface area contributed by atoms with E-state index in [0.29, 0.717) is 25.7 Å². The van der Waals surface area contributed by atoms with Crippen molar-refractivity contribution < 1.29 is 62.9 Å². The lowest BCUT2D eigenvalue weighted by atomic mass is 9.74. The summed E-state index contributed by atoms with van der Waals surface area (Å²) in [5.74, 6) is -4.26. The van der Waals surface area contributed by atoms with Crippen LogP contribution in [-0.4, -0.2) is 108 Å². The van der Waals surface area contributed by atoms with E-state index in [2.05, 4.69) is 13.5 Å². The summed E-state index contributed by atoms with van der Waals surface area (Å²) in [6.07, 6.45) is 9.26. The van der Waals surface area contributed by atoms with Crippen LogP contribution in [0.5, 0.6) is 0 Å². The quantitative estimate of drug-likeness (QED) is 0.0816. The fourth-order valence-electron chi connectivity index (χ4n) is 7.89. The fourth-order valence-corrected chi connectivity index (χ4v) is 7.89. The first kappa shape index (κ1) is 44.1. The van der Waals surface area contributed by atoms with Crippen molar-refractivity contribution in [3.8, 4) is 0 Å². The van der Waals surface area contributed by atoms with Gasteiger partial charge in [0.1, 0.15) is 6.10 Å². The number of ether oxygens (including phenoxy) is 7. The van der Waals surface area contributed by atoms with Crippen molar-refractivity contribution in [1.82, 2.24) is 0 Å². The number of unbranched alkanes of at least 4 members (excludes halogenated alkanes) is 4.